The van der Waals surface area contributed by atoms with Crippen LogP contribution in [0, 0.1) is 0 Å². The topological polar surface area (TPSA) is 96.0 Å². The third kappa shape index (κ3) is 4.68. The minimum atomic E-state index is -3.60. The summed E-state index contributed by atoms with van der Waals surface area (Å²) in [5.41, 5.74) is 1.11. The zero-order valence-corrected chi connectivity index (χ0v) is 19.2. The second kappa shape index (κ2) is 8.99. The van der Waals surface area contributed by atoms with Gasteiger partial charge in [-0.15, -0.1) is 0 Å². The van der Waals surface area contributed by atoms with Gasteiger partial charge in [0.15, 0.2) is 6.10 Å². The number of nitrogens with one attached hydrogen (secondary N) is 1. The van der Waals surface area contributed by atoms with Crippen molar-refractivity contribution in [2.24, 2.45) is 0 Å². The van der Waals surface area contributed by atoms with Crippen molar-refractivity contribution in [3.63, 3.8) is 0 Å². The van der Waals surface area contributed by atoms with Gasteiger partial charge < -0.3 is 15.0 Å². The van der Waals surface area contributed by atoms with E-state index < -0.39 is 22.0 Å². The molecule has 2 aromatic carbocycles. The van der Waals surface area contributed by atoms with Gasteiger partial charge in [-0.3, -0.25) is 13.9 Å². The molecule has 0 saturated carbocycles. The SMILES string of the molecule is CS(=O)(=O)N1CC[C@@H](C(=O)Nc2ccccc2C(=O)N2CCCC2)Oc2ccc(Cl)cc21. The number of rotatable bonds is 4. The van der Waals surface area contributed by atoms with Crippen molar-refractivity contribution >= 4 is 44.8 Å². The molecule has 0 bridgehead atoms. The Bertz CT molecular complexity index is 1150. The molecule has 1 fully saturated rings. The lowest BCUT2D eigenvalue weighted by molar-refractivity contribution is -0.122. The van der Waals surface area contributed by atoms with Crippen molar-refractivity contribution in [3.8, 4) is 5.75 Å². The highest BCUT2D eigenvalue weighted by Crippen LogP contribution is 2.36. The summed E-state index contributed by atoms with van der Waals surface area (Å²) in [5.74, 6) is -0.328. The third-order valence-corrected chi connectivity index (χ3v) is 6.97. The van der Waals surface area contributed by atoms with Crippen LogP contribution in [0.15, 0.2) is 42.5 Å². The van der Waals surface area contributed by atoms with Gasteiger partial charge in [-0.05, 0) is 43.2 Å². The lowest BCUT2D eigenvalue weighted by atomic mass is 10.1. The number of carbonyl (C=O) groups excluding carboxylic acids is 2. The standard InChI is InChI=1S/C22H24ClN3O5S/c1-32(29,30)26-13-10-20(31-19-9-8-15(23)14-18(19)26)21(27)24-17-7-3-2-6-16(17)22(28)25-11-4-5-12-25/h2-3,6-9,14,20H,4-5,10-13H2,1H3,(H,24,27)/t20-/m0/s1. The van der Waals surface area contributed by atoms with Crippen LogP contribution in [0.2, 0.25) is 5.02 Å². The monoisotopic (exact) mass is 477 g/mol. The quantitative estimate of drug-likeness (QED) is 0.729. The van der Waals surface area contributed by atoms with Gasteiger partial charge in [0.25, 0.3) is 11.8 Å². The molecular weight excluding hydrogens is 454 g/mol. The van der Waals surface area contributed by atoms with Crippen LogP contribution >= 0.6 is 11.6 Å². The molecule has 2 aliphatic heterocycles. The predicted octanol–water partition coefficient (Wildman–Crippen LogP) is 3.13. The fraction of sp³-hybridized carbons (Fsp3) is 0.364. The Morgan fingerprint density at radius 3 is 2.53 bits per heavy atom. The van der Waals surface area contributed by atoms with E-state index in [1.165, 1.54) is 10.4 Å². The number of para-hydroxylation sites is 1. The normalized spacial score (nSPS) is 18.5. The van der Waals surface area contributed by atoms with Crippen LogP contribution < -0.4 is 14.4 Å². The number of hydrogen-bond donors (Lipinski definition) is 1. The van der Waals surface area contributed by atoms with Crippen molar-refractivity contribution in [2.75, 3.05) is 35.5 Å². The largest absolute Gasteiger partial charge is 0.478 e. The molecule has 2 amide bonds. The summed E-state index contributed by atoms with van der Waals surface area (Å²) in [6.45, 7) is 1.46. The Labute approximate surface area is 192 Å². The van der Waals surface area contributed by atoms with Gasteiger partial charge in [-0.25, -0.2) is 8.42 Å². The summed E-state index contributed by atoms with van der Waals surface area (Å²) < 4.78 is 31.7. The van der Waals surface area contributed by atoms with E-state index in [0.29, 0.717) is 35.1 Å². The van der Waals surface area contributed by atoms with Crippen molar-refractivity contribution in [1.29, 1.82) is 0 Å². The molecule has 8 nitrogen and oxygen atoms in total. The van der Waals surface area contributed by atoms with E-state index in [9.17, 15) is 18.0 Å². The maximum Gasteiger partial charge on any atom is 0.265 e. The molecule has 2 aromatic rings. The smallest absolute Gasteiger partial charge is 0.265 e. The minimum absolute atomic E-state index is 0.0542. The highest BCUT2D eigenvalue weighted by molar-refractivity contribution is 7.92. The van der Waals surface area contributed by atoms with E-state index in [1.54, 1.807) is 41.3 Å². The Hall–Kier alpha value is -2.78. The van der Waals surface area contributed by atoms with Crippen LogP contribution in [0.1, 0.15) is 29.6 Å². The molecule has 1 saturated heterocycles. The zero-order valence-electron chi connectivity index (χ0n) is 17.6. The Morgan fingerprint density at radius 2 is 1.81 bits per heavy atom. The minimum Gasteiger partial charge on any atom is -0.478 e. The number of halogens is 1. The maximum absolute atomic E-state index is 13.1. The number of hydrogen-bond acceptors (Lipinski definition) is 5. The first kappa shape index (κ1) is 22.4. The van der Waals surface area contributed by atoms with Gasteiger partial charge in [-0.1, -0.05) is 23.7 Å². The summed E-state index contributed by atoms with van der Waals surface area (Å²) in [6, 6.07) is 11.5. The molecule has 0 spiro atoms. The van der Waals surface area contributed by atoms with Crippen molar-refractivity contribution < 1.29 is 22.7 Å². The summed E-state index contributed by atoms with van der Waals surface area (Å²) in [4.78, 5) is 27.8. The summed E-state index contributed by atoms with van der Waals surface area (Å²) in [6.07, 6.45) is 2.22. The number of nitrogens with zero attached hydrogens (tertiary/aromatic N) is 2. The first-order chi connectivity index (χ1) is 15.2. The first-order valence-corrected chi connectivity index (χ1v) is 12.6. The van der Waals surface area contributed by atoms with E-state index in [0.717, 1.165) is 19.1 Å². The first-order valence-electron chi connectivity index (χ1n) is 10.4. The van der Waals surface area contributed by atoms with E-state index in [1.807, 2.05) is 0 Å². The highest BCUT2D eigenvalue weighted by Gasteiger charge is 2.32. The molecule has 2 aliphatic rings. The van der Waals surface area contributed by atoms with Crippen LogP contribution in [0.4, 0.5) is 11.4 Å². The fourth-order valence-electron chi connectivity index (χ4n) is 3.96. The molecule has 1 N–H and O–H groups in total. The molecule has 1 atom stereocenters. The maximum atomic E-state index is 13.1. The van der Waals surface area contributed by atoms with E-state index in [2.05, 4.69) is 5.32 Å². The molecule has 10 heteroatoms. The molecule has 0 aliphatic carbocycles. The number of ether oxygens (including phenoxy) is 1. The van der Waals surface area contributed by atoms with Gasteiger partial charge in [-0.2, -0.15) is 0 Å². The van der Waals surface area contributed by atoms with Crippen LogP contribution in [0.5, 0.6) is 5.75 Å². The Balaban J connectivity index is 1.57. The lowest BCUT2D eigenvalue weighted by Gasteiger charge is -2.21. The van der Waals surface area contributed by atoms with Gasteiger partial charge in [0, 0.05) is 31.1 Å². The number of benzene rings is 2. The van der Waals surface area contributed by atoms with Crippen LogP contribution in [0.3, 0.4) is 0 Å². The molecular formula is C22H24ClN3O5S. The van der Waals surface area contributed by atoms with E-state index in [-0.39, 0.29) is 24.6 Å². The predicted molar refractivity (Wildman–Crippen MR) is 123 cm³/mol. The molecule has 0 unspecified atom stereocenters. The highest BCUT2D eigenvalue weighted by atomic mass is 35.5. The number of likely N-dealkylation sites (tertiary alicyclic amines) is 1. The second-order valence-corrected chi connectivity index (χ2v) is 10.2. The van der Waals surface area contributed by atoms with Crippen LogP contribution in [0.25, 0.3) is 0 Å². The molecule has 170 valence electrons. The third-order valence-electron chi connectivity index (χ3n) is 5.55. The number of fused-ring (bicyclic) bond motifs is 1. The number of amides is 2. The molecule has 4 rings (SSSR count). The summed E-state index contributed by atoms with van der Waals surface area (Å²) in [7, 11) is -3.60. The lowest BCUT2D eigenvalue weighted by Crippen LogP contribution is -2.36. The number of anilines is 2. The van der Waals surface area contributed by atoms with Crippen molar-refractivity contribution in [1.82, 2.24) is 4.90 Å². The molecule has 32 heavy (non-hydrogen) atoms. The Kier molecular flexibility index (Phi) is 6.30. The van der Waals surface area contributed by atoms with Gasteiger partial charge in [0.2, 0.25) is 10.0 Å². The zero-order chi connectivity index (χ0) is 22.9. The Morgan fingerprint density at radius 1 is 1.09 bits per heavy atom. The van der Waals surface area contributed by atoms with Crippen molar-refractivity contribution in [3.05, 3.63) is 53.1 Å². The van der Waals surface area contributed by atoms with Crippen LogP contribution in [-0.2, 0) is 14.8 Å². The van der Waals surface area contributed by atoms with E-state index >= 15 is 0 Å². The van der Waals surface area contributed by atoms with Crippen LogP contribution in [-0.4, -0.2) is 57.1 Å². The summed E-state index contributed by atoms with van der Waals surface area (Å²) in [5, 5.41) is 3.16. The molecule has 2 heterocycles. The fourth-order valence-corrected chi connectivity index (χ4v) is 5.07. The van der Waals surface area contributed by atoms with Gasteiger partial charge in [0.05, 0.1) is 23.2 Å². The average molecular weight is 478 g/mol. The molecule has 0 radical (unpaired) electrons. The molecule has 0 aromatic heterocycles. The average Bonchev–Trinajstić information content (AvgIpc) is 3.21. The van der Waals surface area contributed by atoms with Gasteiger partial charge >= 0.3 is 0 Å². The number of carbonyl (C=O) groups is 2. The second-order valence-electron chi connectivity index (χ2n) is 7.88. The van der Waals surface area contributed by atoms with Crippen molar-refractivity contribution in [2.45, 2.75) is 25.4 Å². The number of sulfonamides is 1. The van der Waals surface area contributed by atoms with Gasteiger partial charge in [0.1, 0.15) is 5.75 Å². The van der Waals surface area contributed by atoms with E-state index in [4.69, 9.17) is 16.3 Å². The summed E-state index contributed by atoms with van der Waals surface area (Å²) >= 11 is 6.06.